The van der Waals surface area contributed by atoms with Gasteiger partial charge in [-0.25, -0.2) is 9.97 Å². The monoisotopic (exact) mass is 359 g/mol. The van der Waals surface area contributed by atoms with Gasteiger partial charge in [0.05, 0.1) is 12.1 Å². The summed E-state index contributed by atoms with van der Waals surface area (Å²) in [5.41, 5.74) is 2.73. The molecule has 0 spiro atoms. The van der Waals surface area contributed by atoms with Gasteiger partial charge in [-0.05, 0) is 39.5 Å². The Labute approximate surface area is 138 Å². The highest BCUT2D eigenvalue weighted by Crippen LogP contribution is 2.25. The zero-order valence-electron chi connectivity index (χ0n) is 12.9. The standard InChI is InChI=1S/C17H18BrN3O/c1-17(2,3)10-22-13-6-4-5-11(7-13)15-20-14-8-12(18)9-19-16(14)21-15/h4-9H,10H2,1-3H3,(H,19,20,21). The summed E-state index contributed by atoms with van der Waals surface area (Å²) in [5.74, 6) is 1.64. The molecule has 0 saturated carbocycles. The molecule has 0 aliphatic carbocycles. The van der Waals surface area contributed by atoms with Gasteiger partial charge >= 0.3 is 0 Å². The summed E-state index contributed by atoms with van der Waals surface area (Å²) in [4.78, 5) is 12.1. The summed E-state index contributed by atoms with van der Waals surface area (Å²) in [6.07, 6.45) is 1.75. The van der Waals surface area contributed by atoms with Crippen LogP contribution >= 0.6 is 15.9 Å². The molecular formula is C17H18BrN3O. The van der Waals surface area contributed by atoms with Crippen LogP contribution in [0.15, 0.2) is 41.0 Å². The van der Waals surface area contributed by atoms with E-state index < -0.39 is 0 Å². The molecule has 0 amide bonds. The third-order valence-electron chi connectivity index (χ3n) is 3.08. The van der Waals surface area contributed by atoms with E-state index in [1.165, 1.54) is 0 Å². The molecule has 3 aromatic rings. The minimum atomic E-state index is 0.131. The van der Waals surface area contributed by atoms with Gasteiger partial charge in [0.25, 0.3) is 0 Å². The predicted octanol–water partition coefficient (Wildman–Crippen LogP) is 4.81. The molecule has 4 nitrogen and oxygen atoms in total. The largest absolute Gasteiger partial charge is 0.493 e. The van der Waals surface area contributed by atoms with E-state index in [1.54, 1.807) is 6.20 Å². The molecule has 114 valence electrons. The van der Waals surface area contributed by atoms with Crippen LogP contribution in [0.3, 0.4) is 0 Å². The first-order valence-corrected chi connectivity index (χ1v) is 7.94. The lowest BCUT2D eigenvalue weighted by atomic mass is 9.99. The van der Waals surface area contributed by atoms with Crippen molar-refractivity contribution >= 4 is 27.1 Å². The zero-order valence-corrected chi connectivity index (χ0v) is 14.4. The highest BCUT2D eigenvalue weighted by molar-refractivity contribution is 9.10. The number of hydrogen-bond acceptors (Lipinski definition) is 3. The summed E-state index contributed by atoms with van der Waals surface area (Å²) >= 11 is 3.42. The van der Waals surface area contributed by atoms with Gasteiger partial charge < -0.3 is 9.72 Å². The first-order chi connectivity index (χ1) is 10.4. The van der Waals surface area contributed by atoms with E-state index in [2.05, 4.69) is 51.7 Å². The van der Waals surface area contributed by atoms with Crippen LogP contribution < -0.4 is 4.74 Å². The number of aromatic nitrogens is 3. The fraction of sp³-hybridized carbons (Fsp3) is 0.294. The summed E-state index contributed by atoms with van der Waals surface area (Å²) < 4.78 is 6.79. The van der Waals surface area contributed by atoms with E-state index in [4.69, 9.17) is 4.74 Å². The Hall–Kier alpha value is -1.88. The fourth-order valence-electron chi connectivity index (χ4n) is 2.04. The maximum Gasteiger partial charge on any atom is 0.178 e. The lowest BCUT2D eigenvalue weighted by molar-refractivity contribution is 0.198. The third-order valence-corrected chi connectivity index (χ3v) is 3.52. The molecule has 0 fully saturated rings. The Morgan fingerprint density at radius 1 is 1.23 bits per heavy atom. The minimum Gasteiger partial charge on any atom is -0.493 e. The minimum absolute atomic E-state index is 0.131. The third kappa shape index (κ3) is 3.47. The molecule has 2 aromatic heterocycles. The Balaban J connectivity index is 1.90. The molecule has 0 saturated heterocycles. The lowest BCUT2D eigenvalue weighted by Gasteiger charge is -2.19. The molecule has 0 radical (unpaired) electrons. The van der Waals surface area contributed by atoms with Crippen molar-refractivity contribution < 1.29 is 4.74 Å². The van der Waals surface area contributed by atoms with E-state index in [1.807, 2.05) is 30.3 Å². The molecular weight excluding hydrogens is 342 g/mol. The SMILES string of the molecule is CC(C)(C)COc1cccc(-c2nc3ncc(Br)cc3[nH]2)c1. The van der Waals surface area contributed by atoms with Crippen LogP contribution in [0.1, 0.15) is 20.8 Å². The molecule has 22 heavy (non-hydrogen) atoms. The fourth-order valence-corrected chi connectivity index (χ4v) is 2.38. The molecule has 0 bridgehead atoms. The number of imidazole rings is 1. The number of halogens is 1. The number of fused-ring (bicyclic) bond motifs is 1. The van der Waals surface area contributed by atoms with Gasteiger partial charge in [-0.1, -0.05) is 32.9 Å². The number of rotatable bonds is 3. The van der Waals surface area contributed by atoms with Gasteiger partial charge in [0, 0.05) is 16.2 Å². The maximum absolute atomic E-state index is 5.86. The Kier molecular flexibility index (Phi) is 3.91. The smallest absolute Gasteiger partial charge is 0.178 e. The first-order valence-electron chi connectivity index (χ1n) is 7.15. The van der Waals surface area contributed by atoms with Crippen LogP contribution in [0.5, 0.6) is 5.75 Å². The van der Waals surface area contributed by atoms with Crippen LogP contribution in [-0.4, -0.2) is 21.6 Å². The Morgan fingerprint density at radius 3 is 2.82 bits per heavy atom. The average Bonchev–Trinajstić information content (AvgIpc) is 2.88. The maximum atomic E-state index is 5.86. The topological polar surface area (TPSA) is 50.8 Å². The second kappa shape index (κ2) is 5.72. The van der Waals surface area contributed by atoms with Crippen LogP contribution in [0.4, 0.5) is 0 Å². The van der Waals surface area contributed by atoms with Crippen LogP contribution in [0.2, 0.25) is 0 Å². The molecule has 0 aliphatic rings. The van der Waals surface area contributed by atoms with Gasteiger partial charge in [0.15, 0.2) is 5.65 Å². The normalized spacial score (nSPS) is 11.8. The molecule has 2 heterocycles. The molecule has 5 heteroatoms. The number of ether oxygens (including phenoxy) is 1. The van der Waals surface area contributed by atoms with E-state index in [9.17, 15) is 0 Å². The molecule has 3 rings (SSSR count). The second-order valence-electron chi connectivity index (χ2n) is 6.49. The number of pyridine rings is 1. The van der Waals surface area contributed by atoms with Gasteiger partial charge in [-0.2, -0.15) is 0 Å². The highest BCUT2D eigenvalue weighted by Gasteiger charge is 2.12. The first kappa shape index (κ1) is 15.0. The van der Waals surface area contributed by atoms with Crippen molar-refractivity contribution in [2.45, 2.75) is 20.8 Å². The number of nitrogens with zero attached hydrogens (tertiary/aromatic N) is 2. The summed E-state index contributed by atoms with van der Waals surface area (Å²) in [6.45, 7) is 7.13. The van der Waals surface area contributed by atoms with E-state index in [0.717, 1.165) is 27.1 Å². The summed E-state index contributed by atoms with van der Waals surface area (Å²) in [5, 5.41) is 0. The van der Waals surface area contributed by atoms with Crippen molar-refractivity contribution in [3.05, 3.63) is 41.0 Å². The van der Waals surface area contributed by atoms with E-state index >= 15 is 0 Å². The molecule has 1 aromatic carbocycles. The van der Waals surface area contributed by atoms with Crippen molar-refractivity contribution in [1.82, 2.24) is 15.0 Å². The lowest BCUT2D eigenvalue weighted by Crippen LogP contribution is -2.16. The number of aromatic amines is 1. The number of benzene rings is 1. The average molecular weight is 360 g/mol. The predicted molar refractivity (Wildman–Crippen MR) is 92.0 cm³/mol. The molecule has 0 atom stereocenters. The molecule has 0 unspecified atom stereocenters. The van der Waals surface area contributed by atoms with Gasteiger partial charge in [0.1, 0.15) is 11.6 Å². The van der Waals surface area contributed by atoms with Crippen molar-refractivity contribution in [2.75, 3.05) is 6.61 Å². The van der Waals surface area contributed by atoms with Crippen molar-refractivity contribution in [3.63, 3.8) is 0 Å². The number of H-pyrrole nitrogens is 1. The van der Waals surface area contributed by atoms with Crippen molar-refractivity contribution in [2.24, 2.45) is 5.41 Å². The Bertz CT molecular complexity index is 805. The summed E-state index contributed by atoms with van der Waals surface area (Å²) in [7, 11) is 0. The molecule has 1 N–H and O–H groups in total. The van der Waals surface area contributed by atoms with Crippen LogP contribution in [-0.2, 0) is 0 Å². The van der Waals surface area contributed by atoms with Crippen LogP contribution in [0.25, 0.3) is 22.6 Å². The second-order valence-corrected chi connectivity index (χ2v) is 7.40. The Morgan fingerprint density at radius 2 is 2.05 bits per heavy atom. The van der Waals surface area contributed by atoms with Crippen molar-refractivity contribution in [3.8, 4) is 17.1 Å². The molecule has 0 aliphatic heterocycles. The van der Waals surface area contributed by atoms with Gasteiger partial charge in [-0.15, -0.1) is 0 Å². The van der Waals surface area contributed by atoms with Crippen molar-refractivity contribution in [1.29, 1.82) is 0 Å². The van der Waals surface area contributed by atoms with E-state index in [0.29, 0.717) is 12.3 Å². The number of hydrogen-bond donors (Lipinski definition) is 1. The zero-order chi connectivity index (χ0) is 15.7. The van der Waals surface area contributed by atoms with Gasteiger partial charge in [0.2, 0.25) is 0 Å². The highest BCUT2D eigenvalue weighted by atomic mass is 79.9. The number of nitrogens with one attached hydrogen (secondary N) is 1. The van der Waals surface area contributed by atoms with E-state index in [-0.39, 0.29) is 5.41 Å². The summed E-state index contributed by atoms with van der Waals surface area (Å²) in [6, 6.07) is 9.92. The quantitative estimate of drug-likeness (QED) is 0.729. The van der Waals surface area contributed by atoms with Gasteiger partial charge in [-0.3, -0.25) is 0 Å². The van der Waals surface area contributed by atoms with Crippen LogP contribution in [0, 0.1) is 5.41 Å².